The maximum absolute atomic E-state index is 4.94. The first-order chi connectivity index (χ1) is 4.88. The van der Waals surface area contributed by atoms with Gasteiger partial charge in [-0.1, -0.05) is 12.2 Å². The summed E-state index contributed by atoms with van der Waals surface area (Å²) in [7, 11) is 0. The van der Waals surface area contributed by atoms with Crippen LogP contribution in [0.25, 0.3) is 0 Å². The molecule has 0 saturated carbocycles. The van der Waals surface area contributed by atoms with Gasteiger partial charge in [-0.2, -0.15) is 0 Å². The van der Waals surface area contributed by atoms with Crippen molar-refractivity contribution in [3.63, 3.8) is 0 Å². The van der Waals surface area contributed by atoms with Crippen molar-refractivity contribution in [1.82, 2.24) is 5.32 Å². The maximum Gasteiger partial charge on any atom is 0.179 e. The summed E-state index contributed by atoms with van der Waals surface area (Å²) in [5.74, 6) is 0.656. The van der Waals surface area contributed by atoms with Crippen molar-refractivity contribution in [2.24, 2.45) is 15.0 Å². The van der Waals surface area contributed by atoms with E-state index < -0.39 is 0 Å². The van der Waals surface area contributed by atoms with Gasteiger partial charge >= 0.3 is 0 Å². The minimum Gasteiger partial charge on any atom is -0.355 e. The van der Waals surface area contributed by atoms with Crippen molar-refractivity contribution in [3.8, 4) is 0 Å². The van der Waals surface area contributed by atoms with E-state index >= 15 is 0 Å². The molecule has 0 aromatic rings. The van der Waals surface area contributed by atoms with Gasteiger partial charge in [0.1, 0.15) is 23.7 Å². The van der Waals surface area contributed by atoms with E-state index in [9.17, 15) is 0 Å². The lowest BCUT2D eigenvalue weighted by atomic mass is 10.3. The highest BCUT2D eigenvalue weighted by Crippen LogP contribution is 1.99. The molecular formula is C5H4N4S. The fourth-order valence-electron chi connectivity index (χ4n) is 0.806. The van der Waals surface area contributed by atoms with Gasteiger partial charge in [-0.3, -0.25) is 0 Å². The molecule has 5 heteroatoms. The van der Waals surface area contributed by atoms with Crippen LogP contribution in [0.3, 0.4) is 0 Å². The number of amidine groups is 1. The molecule has 50 valence electrons. The molecule has 10 heavy (non-hydrogen) atoms. The van der Waals surface area contributed by atoms with Crippen LogP contribution < -0.4 is 5.32 Å². The van der Waals surface area contributed by atoms with Crippen molar-refractivity contribution >= 4 is 35.1 Å². The second-order valence-corrected chi connectivity index (χ2v) is 2.28. The summed E-state index contributed by atoms with van der Waals surface area (Å²) >= 11 is 4.94. The fraction of sp³-hybridized carbons (Fsp3) is 0.200. The molecule has 0 aliphatic carbocycles. The molecule has 0 radical (unpaired) electrons. The van der Waals surface area contributed by atoms with Crippen molar-refractivity contribution in [3.05, 3.63) is 0 Å². The lowest BCUT2D eigenvalue weighted by Gasteiger charge is -2.10. The van der Waals surface area contributed by atoms with Crippen molar-refractivity contribution in [2.45, 2.75) is 0 Å². The van der Waals surface area contributed by atoms with Gasteiger partial charge in [0, 0.05) is 0 Å². The predicted molar refractivity (Wildman–Crippen MR) is 44.0 cm³/mol. The van der Waals surface area contributed by atoms with Crippen molar-refractivity contribution < 1.29 is 0 Å². The maximum atomic E-state index is 4.94. The third-order valence-corrected chi connectivity index (χ3v) is 1.60. The molecule has 0 bridgehead atoms. The molecule has 0 fully saturated rings. The van der Waals surface area contributed by atoms with Crippen LogP contribution in [0.1, 0.15) is 0 Å². The summed E-state index contributed by atoms with van der Waals surface area (Å²) in [5, 5.41) is 2.89. The third-order valence-electron chi connectivity index (χ3n) is 1.26. The van der Waals surface area contributed by atoms with E-state index in [-0.39, 0.29) is 0 Å². The monoisotopic (exact) mass is 152 g/mol. The van der Waals surface area contributed by atoms with Gasteiger partial charge in [0.15, 0.2) is 5.84 Å². The van der Waals surface area contributed by atoms with Gasteiger partial charge in [0.2, 0.25) is 0 Å². The molecule has 2 heterocycles. The van der Waals surface area contributed by atoms with Crippen LogP contribution in [-0.2, 0) is 0 Å². The molecular weight excluding hydrogens is 148 g/mol. The summed E-state index contributed by atoms with van der Waals surface area (Å²) < 4.78 is 0. The Hall–Kier alpha value is -1.10. The SMILES string of the molecule is S=C1NCN=C2N=CN=C12. The summed E-state index contributed by atoms with van der Waals surface area (Å²) in [6, 6.07) is 0. The first-order valence-electron chi connectivity index (χ1n) is 2.81. The minimum atomic E-state index is 0.518. The van der Waals surface area contributed by atoms with E-state index in [0.717, 1.165) is 0 Å². The molecule has 2 rings (SSSR count). The molecule has 0 amide bonds. The van der Waals surface area contributed by atoms with Crippen LogP contribution in [0.15, 0.2) is 15.0 Å². The largest absolute Gasteiger partial charge is 0.355 e. The summed E-state index contributed by atoms with van der Waals surface area (Å²) in [6.45, 7) is 0.518. The Labute approximate surface area is 62.8 Å². The van der Waals surface area contributed by atoms with Gasteiger partial charge in [-0.05, 0) is 0 Å². The Balaban J connectivity index is 2.46. The second-order valence-electron chi connectivity index (χ2n) is 1.87. The van der Waals surface area contributed by atoms with Gasteiger partial charge in [0.25, 0.3) is 0 Å². The standard InChI is InChI=1S/C5H4N4S/c10-5-3-4(7-1-6-3)8-2-9-5/h1H,2H2,(H,9,10). The molecule has 1 N–H and O–H groups in total. The molecule has 0 aromatic heterocycles. The summed E-state index contributed by atoms with van der Waals surface area (Å²) in [4.78, 5) is 12.5. The number of hydrogen-bond acceptors (Lipinski definition) is 4. The molecule has 0 unspecified atom stereocenters. The predicted octanol–water partition coefficient (Wildman–Crippen LogP) is -0.244. The van der Waals surface area contributed by atoms with Gasteiger partial charge in [-0.15, -0.1) is 0 Å². The van der Waals surface area contributed by atoms with E-state index in [1.54, 1.807) is 0 Å². The number of nitrogens with one attached hydrogen (secondary N) is 1. The average molecular weight is 152 g/mol. The van der Waals surface area contributed by atoms with E-state index in [1.807, 2.05) is 0 Å². The molecule has 2 aliphatic heterocycles. The zero-order valence-electron chi connectivity index (χ0n) is 5.03. The molecule has 0 aromatic carbocycles. The summed E-state index contributed by atoms with van der Waals surface area (Å²) in [6.07, 6.45) is 1.47. The molecule has 0 atom stereocenters. The zero-order chi connectivity index (χ0) is 6.97. The van der Waals surface area contributed by atoms with Crippen LogP contribution in [0.4, 0.5) is 0 Å². The van der Waals surface area contributed by atoms with Crippen LogP contribution in [0, 0.1) is 0 Å². The lowest BCUT2D eigenvalue weighted by molar-refractivity contribution is 0.939. The lowest BCUT2D eigenvalue weighted by Crippen LogP contribution is -2.37. The highest BCUT2D eigenvalue weighted by molar-refractivity contribution is 7.82. The Morgan fingerprint density at radius 2 is 2.50 bits per heavy atom. The Bertz CT molecular complexity index is 275. The molecule has 0 saturated heterocycles. The van der Waals surface area contributed by atoms with Crippen molar-refractivity contribution in [1.29, 1.82) is 0 Å². The van der Waals surface area contributed by atoms with Crippen LogP contribution in [0.5, 0.6) is 0 Å². The quantitative estimate of drug-likeness (QED) is 0.487. The van der Waals surface area contributed by atoms with Crippen LogP contribution in [-0.4, -0.2) is 29.5 Å². The second kappa shape index (κ2) is 1.95. The number of aliphatic imine (C=N–C) groups is 3. The number of thiocarbonyl (C=S) groups is 1. The first kappa shape index (κ1) is 5.67. The third kappa shape index (κ3) is 0.672. The van der Waals surface area contributed by atoms with E-state index in [0.29, 0.717) is 23.2 Å². The number of nitrogens with zero attached hydrogens (tertiary/aromatic N) is 3. The molecule has 0 spiro atoms. The number of rotatable bonds is 0. The highest BCUT2D eigenvalue weighted by Gasteiger charge is 2.19. The summed E-state index contributed by atoms with van der Waals surface area (Å²) in [5.41, 5.74) is 0.696. The van der Waals surface area contributed by atoms with Gasteiger partial charge in [0.05, 0.1) is 0 Å². The Morgan fingerprint density at radius 1 is 1.60 bits per heavy atom. The smallest absolute Gasteiger partial charge is 0.179 e. The number of fused-ring (bicyclic) bond motifs is 1. The number of hydrogen-bond donors (Lipinski definition) is 1. The van der Waals surface area contributed by atoms with Crippen LogP contribution >= 0.6 is 12.2 Å². The van der Waals surface area contributed by atoms with Gasteiger partial charge < -0.3 is 5.32 Å². The molecule has 2 aliphatic rings. The Kier molecular flexibility index (Phi) is 1.10. The Morgan fingerprint density at radius 3 is 3.30 bits per heavy atom. The van der Waals surface area contributed by atoms with E-state index in [1.165, 1.54) is 6.34 Å². The normalized spacial score (nSPS) is 21.4. The minimum absolute atomic E-state index is 0.518. The molecule has 4 nitrogen and oxygen atoms in total. The highest BCUT2D eigenvalue weighted by atomic mass is 32.1. The fourth-order valence-corrected chi connectivity index (χ4v) is 1.01. The first-order valence-corrected chi connectivity index (χ1v) is 3.22. The zero-order valence-corrected chi connectivity index (χ0v) is 5.85. The van der Waals surface area contributed by atoms with Crippen LogP contribution in [0.2, 0.25) is 0 Å². The van der Waals surface area contributed by atoms with Gasteiger partial charge in [-0.25, -0.2) is 15.0 Å². The van der Waals surface area contributed by atoms with Crippen molar-refractivity contribution in [2.75, 3.05) is 6.67 Å². The van der Waals surface area contributed by atoms with E-state index in [4.69, 9.17) is 12.2 Å². The topological polar surface area (TPSA) is 49.1 Å². The van der Waals surface area contributed by atoms with E-state index in [2.05, 4.69) is 20.3 Å². The average Bonchev–Trinajstić information content (AvgIpc) is 2.36.